The van der Waals surface area contributed by atoms with Gasteiger partial charge in [-0.1, -0.05) is 6.08 Å². The van der Waals surface area contributed by atoms with E-state index in [4.69, 9.17) is 5.11 Å². The summed E-state index contributed by atoms with van der Waals surface area (Å²) in [6, 6.07) is 0. The monoisotopic (exact) mass is 144 g/mol. The summed E-state index contributed by atoms with van der Waals surface area (Å²) in [5.41, 5.74) is 0. The van der Waals surface area contributed by atoms with Gasteiger partial charge in [0.25, 0.3) is 0 Å². The van der Waals surface area contributed by atoms with Crippen molar-refractivity contribution in [2.75, 3.05) is 7.11 Å². The van der Waals surface area contributed by atoms with Crippen LogP contribution in [0.15, 0.2) is 12.7 Å². The molecule has 3 nitrogen and oxygen atoms in total. The number of allylic oxidation sites excluding steroid dienone is 1. The molecule has 0 amide bonds. The molecule has 3 heteroatoms. The largest absolute Gasteiger partial charge is 0.467 e. The topological polar surface area (TPSA) is 46.5 Å². The molecule has 0 radical (unpaired) electrons. The molecule has 1 atom stereocenters. The van der Waals surface area contributed by atoms with Crippen LogP contribution >= 0.6 is 0 Å². The molecular weight excluding hydrogens is 132 g/mol. The number of rotatable bonds is 4. The van der Waals surface area contributed by atoms with Crippen molar-refractivity contribution >= 4 is 5.97 Å². The van der Waals surface area contributed by atoms with Crippen LogP contribution < -0.4 is 0 Å². The summed E-state index contributed by atoms with van der Waals surface area (Å²) in [5.74, 6) is -0.582. The lowest BCUT2D eigenvalue weighted by Gasteiger charge is -2.04. The van der Waals surface area contributed by atoms with E-state index >= 15 is 0 Å². The van der Waals surface area contributed by atoms with Gasteiger partial charge in [0.15, 0.2) is 6.10 Å². The molecule has 1 N–H and O–H groups in total. The van der Waals surface area contributed by atoms with Gasteiger partial charge in [0.1, 0.15) is 0 Å². The normalized spacial score (nSPS) is 12.2. The van der Waals surface area contributed by atoms with Crippen LogP contribution in [0.1, 0.15) is 12.8 Å². The average molecular weight is 144 g/mol. The first kappa shape index (κ1) is 9.17. The Morgan fingerprint density at radius 2 is 2.50 bits per heavy atom. The van der Waals surface area contributed by atoms with Gasteiger partial charge in [-0.2, -0.15) is 0 Å². The maximum absolute atomic E-state index is 10.5. The highest BCUT2D eigenvalue weighted by molar-refractivity contribution is 5.74. The summed E-state index contributed by atoms with van der Waals surface area (Å²) in [6.45, 7) is 3.45. The number of esters is 1. The van der Waals surface area contributed by atoms with Crippen molar-refractivity contribution in [2.45, 2.75) is 18.9 Å². The van der Waals surface area contributed by atoms with Gasteiger partial charge in [0.2, 0.25) is 0 Å². The zero-order chi connectivity index (χ0) is 7.98. The van der Waals surface area contributed by atoms with Crippen LogP contribution in [0, 0.1) is 0 Å². The van der Waals surface area contributed by atoms with E-state index in [1.54, 1.807) is 6.08 Å². The standard InChI is InChI=1S/C7H12O3/c1-3-4-5-6(8)7(9)10-2/h3,6,8H,1,4-5H2,2H3/t6-/m1/s1. The fourth-order valence-electron chi connectivity index (χ4n) is 0.530. The van der Waals surface area contributed by atoms with E-state index in [-0.39, 0.29) is 0 Å². The highest BCUT2D eigenvalue weighted by Crippen LogP contribution is 1.98. The van der Waals surface area contributed by atoms with Crippen molar-refractivity contribution in [3.8, 4) is 0 Å². The fraction of sp³-hybridized carbons (Fsp3) is 0.571. The number of carbonyl (C=O) groups excluding carboxylic acids is 1. The highest BCUT2D eigenvalue weighted by Gasteiger charge is 2.12. The average Bonchev–Trinajstić information content (AvgIpc) is 1.98. The van der Waals surface area contributed by atoms with Crippen molar-refractivity contribution in [3.05, 3.63) is 12.7 Å². The van der Waals surface area contributed by atoms with Crippen LogP contribution in [0.4, 0.5) is 0 Å². The Hall–Kier alpha value is -0.830. The number of carbonyl (C=O) groups is 1. The van der Waals surface area contributed by atoms with E-state index in [0.717, 1.165) is 0 Å². The Balaban J connectivity index is 3.50. The van der Waals surface area contributed by atoms with Crippen molar-refractivity contribution in [1.82, 2.24) is 0 Å². The maximum Gasteiger partial charge on any atom is 0.334 e. The van der Waals surface area contributed by atoms with E-state index in [2.05, 4.69) is 11.3 Å². The molecule has 0 aliphatic heterocycles. The first-order valence-electron chi connectivity index (χ1n) is 3.09. The van der Waals surface area contributed by atoms with Crippen molar-refractivity contribution in [1.29, 1.82) is 0 Å². The van der Waals surface area contributed by atoms with Gasteiger partial charge >= 0.3 is 5.97 Å². The molecule has 0 fully saturated rings. The van der Waals surface area contributed by atoms with Gasteiger partial charge in [-0.05, 0) is 12.8 Å². The second-order valence-corrected chi connectivity index (χ2v) is 1.90. The molecule has 0 bridgehead atoms. The van der Waals surface area contributed by atoms with Gasteiger partial charge < -0.3 is 9.84 Å². The number of methoxy groups -OCH3 is 1. The van der Waals surface area contributed by atoms with E-state index in [0.29, 0.717) is 12.8 Å². The quantitative estimate of drug-likeness (QED) is 0.461. The molecule has 0 spiro atoms. The Morgan fingerprint density at radius 1 is 1.90 bits per heavy atom. The van der Waals surface area contributed by atoms with Crippen LogP contribution in [-0.4, -0.2) is 24.3 Å². The zero-order valence-corrected chi connectivity index (χ0v) is 6.04. The number of hydrogen-bond donors (Lipinski definition) is 1. The Morgan fingerprint density at radius 3 is 2.90 bits per heavy atom. The highest BCUT2D eigenvalue weighted by atomic mass is 16.5. The molecule has 0 aromatic carbocycles. The Kier molecular flexibility index (Phi) is 4.58. The first-order valence-corrected chi connectivity index (χ1v) is 3.09. The third-order valence-electron chi connectivity index (χ3n) is 1.12. The summed E-state index contributed by atoms with van der Waals surface area (Å²) in [5, 5.41) is 8.93. The third kappa shape index (κ3) is 3.25. The molecule has 0 rings (SSSR count). The predicted molar refractivity (Wildman–Crippen MR) is 37.5 cm³/mol. The minimum Gasteiger partial charge on any atom is -0.467 e. The van der Waals surface area contributed by atoms with E-state index in [1.807, 2.05) is 0 Å². The molecule has 10 heavy (non-hydrogen) atoms. The number of aliphatic hydroxyl groups excluding tert-OH is 1. The lowest BCUT2D eigenvalue weighted by atomic mass is 10.2. The molecule has 0 aromatic heterocycles. The third-order valence-corrected chi connectivity index (χ3v) is 1.12. The smallest absolute Gasteiger partial charge is 0.334 e. The van der Waals surface area contributed by atoms with Gasteiger partial charge in [-0.25, -0.2) is 4.79 Å². The maximum atomic E-state index is 10.5. The molecular formula is C7H12O3. The summed E-state index contributed by atoms with van der Waals surface area (Å²) in [6.07, 6.45) is 1.65. The van der Waals surface area contributed by atoms with Crippen molar-refractivity contribution in [2.24, 2.45) is 0 Å². The second kappa shape index (κ2) is 4.99. The molecule has 0 saturated heterocycles. The minimum atomic E-state index is -0.997. The van der Waals surface area contributed by atoms with E-state index in [1.165, 1.54) is 7.11 Å². The van der Waals surface area contributed by atoms with E-state index in [9.17, 15) is 4.79 Å². The zero-order valence-electron chi connectivity index (χ0n) is 6.04. The molecule has 58 valence electrons. The van der Waals surface area contributed by atoms with Gasteiger partial charge in [-0.15, -0.1) is 6.58 Å². The molecule has 0 aliphatic rings. The molecule has 0 aliphatic carbocycles. The molecule has 0 saturated carbocycles. The Bertz CT molecular complexity index is 120. The van der Waals surface area contributed by atoms with Crippen LogP contribution in [0.2, 0.25) is 0 Å². The lowest BCUT2D eigenvalue weighted by molar-refractivity contribution is -0.150. The summed E-state index contributed by atoms with van der Waals surface area (Å²) in [4.78, 5) is 10.5. The SMILES string of the molecule is C=CCC[C@@H](O)C(=O)OC. The fourth-order valence-corrected chi connectivity index (χ4v) is 0.530. The Labute approximate surface area is 60.3 Å². The summed E-state index contributed by atoms with van der Waals surface area (Å²) in [7, 11) is 1.25. The van der Waals surface area contributed by atoms with Gasteiger partial charge in [0, 0.05) is 0 Å². The van der Waals surface area contributed by atoms with Crippen LogP contribution in [0.25, 0.3) is 0 Å². The summed E-state index contributed by atoms with van der Waals surface area (Å²) < 4.78 is 4.29. The molecule has 0 aromatic rings. The van der Waals surface area contributed by atoms with Crippen molar-refractivity contribution < 1.29 is 14.6 Å². The second-order valence-electron chi connectivity index (χ2n) is 1.90. The predicted octanol–water partition coefficient (Wildman–Crippen LogP) is 0.486. The van der Waals surface area contributed by atoms with Crippen LogP contribution in [0.3, 0.4) is 0 Å². The summed E-state index contributed by atoms with van der Waals surface area (Å²) >= 11 is 0. The van der Waals surface area contributed by atoms with Crippen LogP contribution in [0.5, 0.6) is 0 Å². The number of aliphatic hydroxyl groups is 1. The van der Waals surface area contributed by atoms with E-state index < -0.39 is 12.1 Å². The van der Waals surface area contributed by atoms with Crippen molar-refractivity contribution in [3.63, 3.8) is 0 Å². The molecule has 0 unspecified atom stereocenters. The number of hydrogen-bond acceptors (Lipinski definition) is 3. The number of ether oxygens (including phenoxy) is 1. The minimum absolute atomic E-state index is 0.385. The molecule has 0 heterocycles. The lowest BCUT2D eigenvalue weighted by Crippen LogP contribution is -2.21. The van der Waals surface area contributed by atoms with Crippen LogP contribution in [-0.2, 0) is 9.53 Å². The first-order chi connectivity index (χ1) is 4.72. The van der Waals surface area contributed by atoms with Gasteiger partial charge in [0.05, 0.1) is 7.11 Å². The van der Waals surface area contributed by atoms with Gasteiger partial charge in [-0.3, -0.25) is 0 Å².